The Labute approximate surface area is 202 Å². The van der Waals surface area contributed by atoms with Crippen molar-refractivity contribution in [3.8, 4) is 0 Å². The van der Waals surface area contributed by atoms with E-state index in [9.17, 15) is 27.6 Å². The lowest BCUT2D eigenvalue weighted by Gasteiger charge is -2.35. The molecule has 0 bridgehead atoms. The highest BCUT2D eigenvalue weighted by Crippen LogP contribution is 2.22. The van der Waals surface area contributed by atoms with Crippen LogP contribution in [-0.2, 0) is 9.53 Å². The van der Waals surface area contributed by atoms with E-state index in [0.29, 0.717) is 18.7 Å². The summed E-state index contributed by atoms with van der Waals surface area (Å²) in [4.78, 5) is 41.1. The van der Waals surface area contributed by atoms with Crippen molar-refractivity contribution in [3.05, 3.63) is 71.5 Å². The molecule has 0 aliphatic carbocycles. The van der Waals surface area contributed by atoms with Crippen LogP contribution in [0, 0.1) is 0 Å². The Kier molecular flexibility index (Phi) is 7.06. The van der Waals surface area contributed by atoms with Crippen molar-refractivity contribution in [2.24, 2.45) is 10.7 Å². The van der Waals surface area contributed by atoms with Crippen LogP contribution in [0.1, 0.15) is 26.5 Å². The van der Waals surface area contributed by atoms with Crippen LogP contribution in [0.3, 0.4) is 0 Å². The fourth-order valence-corrected chi connectivity index (χ4v) is 3.66. The van der Waals surface area contributed by atoms with Crippen molar-refractivity contribution in [2.45, 2.75) is 12.2 Å². The van der Waals surface area contributed by atoms with Crippen LogP contribution in [0.2, 0.25) is 0 Å². The number of fused-ring (bicyclic) bond motifs is 1. The van der Waals surface area contributed by atoms with E-state index in [4.69, 9.17) is 14.9 Å². The third-order valence-electron chi connectivity index (χ3n) is 5.53. The van der Waals surface area contributed by atoms with Gasteiger partial charge in [0.2, 0.25) is 0 Å². The van der Waals surface area contributed by atoms with Gasteiger partial charge in [-0.1, -0.05) is 30.3 Å². The first-order valence-corrected chi connectivity index (χ1v) is 10.8. The molecule has 1 aliphatic heterocycles. The molecule has 1 saturated heterocycles. The largest absolute Gasteiger partial charge is 0.473 e. The van der Waals surface area contributed by atoms with E-state index in [1.165, 1.54) is 24.3 Å². The Morgan fingerprint density at radius 2 is 1.78 bits per heavy atom. The number of hydrogen-bond donors (Lipinski definition) is 2. The van der Waals surface area contributed by atoms with E-state index < -0.39 is 29.9 Å². The number of benzene rings is 2. The average molecular weight is 502 g/mol. The van der Waals surface area contributed by atoms with Crippen molar-refractivity contribution in [2.75, 3.05) is 26.3 Å². The highest BCUT2D eigenvalue weighted by Gasteiger charge is 2.38. The number of furan rings is 1. The summed E-state index contributed by atoms with van der Waals surface area (Å²) in [6, 6.07) is 13.7. The van der Waals surface area contributed by atoms with Crippen LogP contribution in [-0.4, -0.2) is 67.0 Å². The molecule has 1 aromatic heterocycles. The zero-order valence-corrected chi connectivity index (χ0v) is 18.7. The number of amides is 3. The van der Waals surface area contributed by atoms with Gasteiger partial charge >= 0.3 is 12.1 Å². The summed E-state index contributed by atoms with van der Waals surface area (Å²) in [5.74, 6) is -3.55. The second kappa shape index (κ2) is 10.2. The number of alkyl halides is 3. The second-order valence-electron chi connectivity index (χ2n) is 7.96. The van der Waals surface area contributed by atoms with Crippen LogP contribution in [0.5, 0.6) is 0 Å². The maximum Gasteiger partial charge on any atom is 0.473 e. The molecule has 1 fully saturated rings. The van der Waals surface area contributed by atoms with Crippen LogP contribution >= 0.6 is 0 Å². The van der Waals surface area contributed by atoms with Crippen molar-refractivity contribution in [1.29, 1.82) is 0 Å². The van der Waals surface area contributed by atoms with Crippen LogP contribution in [0.4, 0.5) is 13.2 Å². The number of ether oxygens (including phenoxy) is 1. The molecule has 4 rings (SSSR count). The predicted octanol–water partition coefficient (Wildman–Crippen LogP) is 2.50. The van der Waals surface area contributed by atoms with Gasteiger partial charge < -0.3 is 25.1 Å². The number of halogens is 3. The normalized spacial score (nSPS) is 16.7. The Balaban J connectivity index is 1.39. The van der Waals surface area contributed by atoms with Gasteiger partial charge in [-0.15, -0.1) is 0 Å². The zero-order valence-electron chi connectivity index (χ0n) is 18.7. The van der Waals surface area contributed by atoms with Gasteiger partial charge in [-0.2, -0.15) is 18.2 Å². The van der Waals surface area contributed by atoms with Crippen LogP contribution in [0.25, 0.3) is 11.0 Å². The maximum absolute atomic E-state index is 13.1. The molecular formula is C24H21F3N4O5. The van der Waals surface area contributed by atoms with Gasteiger partial charge in [-0.05, 0) is 24.3 Å². The molecule has 3 N–H and O–H groups in total. The number of amidine groups is 1. The van der Waals surface area contributed by atoms with E-state index in [-0.39, 0.29) is 35.9 Å². The summed E-state index contributed by atoms with van der Waals surface area (Å²) in [6.45, 7) is 0.972. The molecule has 2 heterocycles. The Morgan fingerprint density at radius 3 is 2.47 bits per heavy atom. The number of carbonyl (C=O) groups excluding carboxylic acids is 3. The number of morpholine rings is 1. The minimum Gasteiger partial charge on any atom is -0.451 e. The van der Waals surface area contributed by atoms with Crippen molar-refractivity contribution >= 4 is 34.5 Å². The molecule has 0 spiro atoms. The first-order chi connectivity index (χ1) is 17.1. The first kappa shape index (κ1) is 24.9. The molecule has 1 unspecified atom stereocenters. The number of carbonyl (C=O) groups is 3. The monoisotopic (exact) mass is 502 g/mol. The van der Waals surface area contributed by atoms with Gasteiger partial charge in [-0.3, -0.25) is 14.4 Å². The number of nitrogens with zero attached hydrogens (tertiary/aromatic N) is 2. The molecule has 3 aromatic rings. The number of para-hydroxylation sites is 1. The fourth-order valence-electron chi connectivity index (χ4n) is 3.66. The predicted molar refractivity (Wildman–Crippen MR) is 122 cm³/mol. The van der Waals surface area contributed by atoms with Gasteiger partial charge in [-0.25, -0.2) is 0 Å². The summed E-state index contributed by atoms with van der Waals surface area (Å²) in [6.07, 6.45) is -5.13. The molecule has 36 heavy (non-hydrogen) atoms. The van der Waals surface area contributed by atoms with Crippen LogP contribution in [0.15, 0.2) is 64.0 Å². The van der Waals surface area contributed by atoms with Gasteiger partial charge in [0.1, 0.15) is 11.4 Å². The van der Waals surface area contributed by atoms with Crippen LogP contribution < -0.4 is 11.1 Å². The van der Waals surface area contributed by atoms with Crippen molar-refractivity contribution in [1.82, 2.24) is 10.2 Å². The maximum atomic E-state index is 13.1. The lowest BCUT2D eigenvalue weighted by atomic mass is 10.1. The fraction of sp³-hybridized carbons (Fsp3) is 0.250. The minimum absolute atomic E-state index is 0.0486. The van der Waals surface area contributed by atoms with Crippen molar-refractivity contribution < 1.29 is 36.7 Å². The van der Waals surface area contributed by atoms with Gasteiger partial charge in [0.05, 0.1) is 19.3 Å². The highest BCUT2D eigenvalue weighted by molar-refractivity contribution is 6.05. The lowest BCUT2D eigenvalue weighted by Crippen LogP contribution is -2.53. The molecule has 0 saturated carbocycles. The number of aliphatic imine (C=N–C) groups is 1. The molecule has 9 nitrogen and oxygen atoms in total. The summed E-state index contributed by atoms with van der Waals surface area (Å²) >= 11 is 0. The second-order valence-corrected chi connectivity index (χ2v) is 7.96. The molecule has 3 amide bonds. The average Bonchev–Trinajstić information content (AvgIpc) is 3.31. The summed E-state index contributed by atoms with van der Waals surface area (Å²) < 4.78 is 48.2. The number of hydrogen-bond acceptors (Lipinski definition) is 5. The third kappa shape index (κ3) is 5.54. The molecule has 1 atom stereocenters. The highest BCUT2D eigenvalue weighted by atomic mass is 19.4. The Morgan fingerprint density at radius 1 is 1.08 bits per heavy atom. The number of nitrogens with two attached hydrogens (primary N) is 1. The molecule has 1 aliphatic rings. The van der Waals surface area contributed by atoms with Gasteiger partial charge in [0.25, 0.3) is 11.8 Å². The standard InChI is InChI=1S/C24H21F3N4O5/c25-24(26,27)23(34)30-20(28)14-5-7-15(8-6-14)21(32)29-12-17-13-35-10-9-31(17)22(33)19-11-16-3-1-2-4-18(16)36-19/h1-8,11,17H,9-10,12-13H2,(H,29,32)(H2,28,30,34). The molecule has 188 valence electrons. The Bertz CT molecular complexity index is 1280. The lowest BCUT2D eigenvalue weighted by molar-refractivity contribution is -0.169. The summed E-state index contributed by atoms with van der Waals surface area (Å²) in [5, 5.41) is 3.53. The molecule has 2 aromatic carbocycles. The quantitative estimate of drug-likeness (QED) is 0.408. The van der Waals surface area contributed by atoms with Gasteiger partial charge in [0, 0.05) is 29.6 Å². The van der Waals surface area contributed by atoms with E-state index in [0.717, 1.165) is 5.39 Å². The van der Waals surface area contributed by atoms with Gasteiger partial charge in [0.15, 0.2) is 5.76 Å². The SMILES string of the molecule is NC(=NC(=O)C(F)(F)F)c1ccc(C(=O)NCC2COCCN2C(=O)c2cc3ccccc3o2)cc1. The van der Waals surface area contributed by atoms with E-state index in [1.54, 1.807) is 17.0 Å². The summed E-state index contributed by atoms with van der Waals surface area (Å²) in [5.41, 5.74) is 6.30. The van der Waals surface area contributed by atoms with E-state index in [1.807, 2.05) is 18.2 Å². The molecule has 12 heteroatoms. The molecule has 0 radical (unpaired) electrons. The van der Waals surface area contributed by atoms with E-state index in [2.05, 4.69) is 10.3 Å². The third-order valence-corrected chi connectivity index (χ3v) is 5.53. The Hall–Kier alpha value is -4.19. The molecular weight excluding hydrogens is 481 g/mol. The minimum atomic E-state index is -5.13. The number of nitrogens with one attached hydrogen (secondary N) is 1. The van der Waals surface area contributed by atoms with E-state index >= 15 is 0 Å². The topological polar surface area (TPSA) is 127 Å². The smallest absolute Gasteiger partial charge is 0.451 e. The van der Waals surface area contributed by atoms with Crippen molar-refractivity contribution in [3.63, 3.8) is 0 Å². The first-order valence-electron chi connectivity index (χ1n) is 10.8. The summed E-state index contributed by atoms with van der Waals surface area (Å²) in [7, 11) is 0. The number of rotatable bonds is 5. The zero-order chi connectivity index (χ0) is 25.9.